The van der Waals surface area contributed by atoms with Crippen molar-refractivity contribution >= 4 is 0 Å². The molecule has 100 valence electrons. The monoisotopic (exact) mass is 260 g/mol. The molecule has 1 aliphatic heterocycles. The molecule has 2 aromatic rings. The number of aryl methyl sites for hydroxylation is 1. The maximum Gasteiger partial charge on any atom is 0.257 e. The lowest BCUT2D eigenvalue weighted by Gasteiger charge is -2.19. The molecule has 0 spiro atoms. The number of pyridine rings is 1. The number of morpholine rings is 1. The Balaban J connectivity index is 1.88. The number of aromatic nitrogens is 3. The Labute approximate surface area is 111 Å². The zero-order valence-electron chi connectivity index (χ0n) is 10.8. The molecule has 1 unspecified atom stereocenters. The van der Waals surface area contributed by atoms with Crippen LogP contribution in [0.2, 0.25) is 0 Å². The van der Waals surface area contributed by atoms with E-state index in [9.17, 15) is 0 Å². The van der Waals surface area contributed by atoms with Crippen LogP contribution in [0.25, 0.3) is 11.5 Å². The lowest BCUT2D eigenvalue weighted by molar-refractivity contribution is 0.00755. The third-order valence-corrected chi connectivity index (χ3v) is 3.13. The highest BCUT2D eigenvalue weighted by atomic mass is 16.5. The Bertz CT molecular complexity index is 549. The summed E-state index contributed by atoms with van der Waals surface area (Å²) < 4.78 is 10.9. The Morgan fingerprint density at radius 2 is 2.42 bits per heavy atom. The first kappa shape index (κ1) is 12.3. The number of ether oxygens (including phenoxy) is 1. The first-order valence-corrected chi connectivity index (χ1v) is 6.48. The van der Waals surface area contributed by atoms with Gasteiger partial charge < -0.3 is 14.6 Å². The van der Waals surface area contributed by atoms with E-state index in [0.29, 0.717) is 24.9 Å². The van der Waals surface area contributed by atoms with Crippen LogP contribution in [0.5, 0.6) is 0 Å². The number of rotatable bonds is 3. The zero-order valence-corrected chi connectivity index (χ0v) is 10.8. The highest BCUT2D eigenvalue weighted by Crippen LogP contribution is 2.22. The highest BCUT2D eigenvalue weighted by molar-refractivity contribution is 5.53. The van der Waals surface area contributed by atoms with Crippen LogP contribution >= 0.6 is 0 Å². The maximum absolute atomic E-state index is 5.59. The van der Waals surface area contributed by atoms with Crippen molar-refractivity contribution in [2.24, 2.45) is 0 Å². The predicted octanol–water partition coefficient (Wildman–Crippen LogP) is 1.35. The van der Waals surface area contributed by atoms with Crippen LogP contribution in [-0.4, -0.2) is 34.8 Å². The Morgan fingerprint density at radius 3 is 3.21 bits per heavy atom. The summed E-state index contributed by atoms with van der Waals surface area (Å²) in [5.41, 5.74) is 1.89. The first-order valence-electron chi connectivity index (χ1n) is 6.48. The SMILES string of the molecule is CCc1cccnc1-c1noc(C2CNCCO2)n1. The topological polar surface area (TPSA) is 73.1 Å². The quantitative estimate of drug-likeness (QED) is 0.898. The number of nitrogens with one attached hydrogen (secondary N) is 1. The number of hydrogen-bond acceptors (Lipinski definition) is 6. The van der Waals surface area contributed by atoms with Gasteiger partial charge in [-0.1, -0.05) is 18.1 Å². The second-order valence-electron chi connectivity index (χ2n) is 4.38. The Morgan fingerprint density at radius 1 is 1.47 bits per heavy atom. The second kappa shape index (κ2) is 5.46. The molecule has 6 heteroatoms. The average Bonchev–Trinajstić information content (AvgIpc) is 2.98. The van der Waals surface area contributed by atoms with Crippen molar-refractivity contribution in [3.8, 4) is 11.5 Å². The molecule has 19 heavy (non-hydrogen) atoms. The van der Waals surface area contributed by atoms with Crippen LogP contribution < -0.4 is 5.32 Å². The molecule has 0 saturated carbocycles. The van der Waals surface area contributed by atoms with Crippen molar-refractivity contribution < 1.29 is 9.26 Å². The molecule has 1 N–H and O–H groups in total. The summed E-state index contributed by atoms with van der Waals surface area (Å²) in [4.78, 5) is 8.74. The summed E-state index contributed by atoms with van der Waals surface area (Å²) in [5, 5.41) is 7.25. The molecule has 0 bridgehead atoms. The zero-order chi connectivity index (χ0) is 13.1. The van der Waals surface area contributed by atoms with E-state index < -0.39 is 0 Å². The molecule has 1 atom stereocenters. The van der Waals surface area contributed by atoms with Gasteiger partial charge in [0.15, 0.2) is 0 Å². The summed E-state index contributed by atoms with van der Waals surface area (Å²) in [7, 11) is 0. The molecule has 0 amide bonds. The van der Waals surface area contributed by atoms with Crippen molar-refractivity contribution in [2.45, 2.75) is 19.4 Å². The van der Waals surface area contributed by atoms with Gasteiger partial charge in [0.2, 0.25) is 5.82 Å². The third kappa shape index (κ3) is 2.50. The molecule has 6 nitrogen and oxygen atoms in total. The largest absolute Gasteiger partial charge is 0.366 e. The molecule has 1 aliphatic rings. The normalized spacial score (nSPS) is 19.5. The van der Waals surface area contributed by atoms with Gasteiger partial charge in [-0.3, -0.25) is 4.98 Å². The third-order valence-electron chi connectivity index (χ3n) is 3.13. The van der Waals surface area contributed by atoms with Crippen molar-refractivity contribution in [3.63, 3.8) is 0 Å². The summed E-state index contributed by atoms with van der Waals surface area (Å²) in [6, 6.07) is 3.94. The first-order chi connectivity index (χ1) is 9.38. The van der Waals surface area contributed by atoms with Crippen LogP contribution in [0.1, 0.15) is 24.5 Å². The Kier molecular flexibility index (Phi) is 3.52. The Hall–Kier alpha value is -1.79. The molecule has 1 fully saturated rings. The minimum absolute atomic E-state index is 0.163. The summed E-state index contributed by atoms with van der Waals surface area (Å²) in [5.74, 6) is 1.04. The minimum atomic E-state index is -0.163. The van der Waals surface area contributed by atoms with Crippen LogP contribution in [0, 0.1) is 0 Å². The number of hydrogen-bond donors (Lipinski definition) is 1. The van der Waals surface area contributed by atoms with Gasteiger partial charge >= 0.3 is 0 Å². The van der Waals surface area contributed by atoms with Gasteiger partial charge in [0.05, 0.1) is 6.61 Å². The van der Waals surface area contributed by atoms with E-state index in [1.165, 1.54) is 0 Å². The summed E-state index contributed by atoms with van der Waals surface area (Å²) in [6.07, 6.45) is 2.46. The van der Waals surface area contributed by atoms with Crippen molar-refractivity contribution in [3.05, 3.63) is 29.8 Å². The van der Waals surface area contributed by atoms with Gasteiger partial charge in [-0.15, -0.1) is 0 Å². The molecule has 1 saturated heterocycles. The van der Waals surface area contributed by atoms with E-state index in [1.807, 2.05) is 12.1 Å². The van der Waals surface area contributed by atoms with Gasteiger partial charge in [-0.05, 0) is 18.1 Å². The molecule has 2 aromatic heterocycles. The standard InChI is InChI=1S/C13H16N4O2/c1-2-9-4-3-5-15-11(9)12-16-13(19-17-12)10-8-14-6-7-18-10/h3-5,10,14H,2,6-8H2,1H3. The summed E-state index contributed by atoms with van der Waals surface area (Å²) in [6.45, 7) is 4.30. The van der Waals surface area contributed by atoms with E-state index in [-0.39, 0.29) is 6.10 Å². The lowest BCUT2D eigenvalue weighted by atomic mass is 10.1. The van der Waals surface area contributed by atoms with Crippen molar-refractivity contribution in [2.75, 3.05) is 19.7 Å². The fourth-order valence-electron chi connectivity index (χ4n) is 2.11. The average molecular weight is 260 g/mol. The number of nitrogens with zero attached hydrogens (tertiary/aromatic N) is 3. The molecule has 3 heterocycles. The van der Waals surface area contributed by atoms with Crippen molar-refractivity contribution in [1.29, 1.82) is 0 Å². The van der Waals surface area contributed by atoms with Gasteiger partial charge in [-0.2, -0.15) is 4.98 Å². The van der Waals surface area contributed by atoms with Gasteiger partial charge in [0.25, 0.3) is 5.89 Å². The van der Waals surface area contributed by atoms with Crippen molar-refractivity contribution in [1.82, 2.24) is 20.4 Å². The van der Waals surface area contributed by atoms with E-state index in [0.717, 1.165) is 24.2 Å². The van der Waals surface area contributed by atoms with Crippen LogP contribution in [0.15, 0.2) is 22.9 Å². The molecule has 0 aliphatic carbocycles. The molecular formula is C13H16N4O2. The van der Waals surface area contributed by atoms with E-state index in [4.69, 9.17) is 9.26 Å². The molecular weight excluding hydrogens is 244 g/mol. The summed E-state index contributed by atoms with van der Waals surface area (Å²) >= 11 is 0. The van der Waals surface area contributed by atoms with Crippen LogP contribution in [0.3, 0.4) is 0 Å². The second-order valence-corrected chi connectivity index (χ2v) is 4.38. The maximum atomic E-state index is 5.59. The lowest BCUT2D eigenvalue weighted by Crippen LogP contribution is -2.33. The molecule has 0 aromatic carbocycles. The van der Waals surface area contributed by atoms with E-state index >= 15 is 0 Å². The smallest absolute Gasteiger partial charge is 0.257 e. The molecule has 0 radical (unpaired) electrons. The van der Waals surface area contributed by atoms with Gasteiger partial charge in [0, 0.05) is 19.3 Å². The van der Waals surface area contributed by atoms with E-state index in [1.54, 1.807) is 6.20 Å². The van der Waals surface area contributed by atoms with Crippen LogP contribution in [-0.2, 0) is 11.2 Å². The highest BCUT2D eigenvalue weighted by Gasteiger charge is 2.23. The van der Waals surface area contributed by atoms with Crippen LogP contribution in [0.4, 0.5) is 0 Å². The van der Waals surface area contributed by atoms with Gasteiger partial charge in [0.1, 0.15) is 11.8 Å². The van der Waals surface area contributed by atoms with Gasteiger partial charge in [-0.25, -0.2) is 0 Å². The minimum Gasteiger partial charge on any atom is -0.366 e. The molecule has 3 rings (SSSR count). The van der Waals surface area contributed by atoms with E-state index in [2.05, 4.69) is 27.4 Å². The fourth-order valence-corrected chi connectivity index (χ4v) is 2.11. The predicted molar refractivity (Wildman–Crippen MR) is 68.5 cm³/mol. The fraction of sp³-hybridized carbons (Fsp3) is 0.462.